The van der Waals surface area contributed by atoms with Crippen LogP contribution >= 0.6 is 23.1 Å². The van der Waals surface area contributed by atoms with Crippen molar-refractivity contribution < 1.29 is 0 Å². The molecule has 72 valence electrons. The van der Waals surface area contributed by atoms with Gasteiger partial charge in [-0.1, -0.05) is 20.8 Å². The minimum atomic E-state index is 0.229. The van der Waals surface area contributed by atoms with Crippen LogP contribution in [0.15, 0.2) is 0 Å². The molecule has 0 unspecified atom stereocenters. The molecule has 0 spiro atoms. The summed E-state index contributed by atoms with van der Waals surface area (Å²) in [6.07, 6.45) is 1.17. The number of fused-ring (bicyclic) bond motifs is 1. The second-order valence-electron chi connectivity index (χ2n) is 4.44. The van der Waals surface area contributed by atoms with Crippen molar-refractivity contribution in [2.75, 3.05) is 5.75 Å². The number of hydrogen-bond acceptors (Lipinski definition) is 3. The topological polar surface area (TPSA) is 12.9 Å². The van der Waals surface area contributed by atoms with Gasteiger partial charge in [-0.2, -0.15) is 11.8 Å². The predicted octanol–water partition coefficient (Wildman–Crippen LogP) is 3.23. The maximum absolute atomic E-state index is 4.73. The van der Waals surface area contributed by atoms with Crippen molar-refractivity contribution in [1.82, 2.24) is 4.98 Å². The highest BCUT2D eigenvalue weighted by Crippen LogP contribution is 2.34. The third kappa shape index (κ3) is 1.91. The molecule has 0 saturated carbocycles. The van der Waals surface area contributed by atoms with E-state index in [4.69, 9.17) is 4.98 Å². The van der Waals surface area contributed by atoms with E-state index in [1.54, 1.807) is 0 Å². The van der Waals surface area contributed by atoms with E-state index in [1.165, 1.54) is 33.5 Å². The second-order valence-corrected chi connectivity index (χ2v) is 6.63. The molecule has 0 amide bonds. The fraction of sp³-hybridized carbons (Fsp3) is 0.700. The van der Waals surface area contributed by atoms with E-state index in [0.717, 1.165) is 0 Å². The van der Waals surface area contributed by atoms with Crippen molar-refractivity contribution >= 4 is 23.1 Å². The Bertz CT molecular complexity index is 286. The first-order chi connectivity index (χ1) is 6.07. The van der Waals surface area contributed by atoms with Crippen LogP contribution in [0.25, 0.3) is 0 Å². The van der Waals surface area contributed by atoms with Crippen LogP contribution in [0.4, 0.5) is 0 Å². The lowest BCUT2D eigenvalue weighted by molar-refractivity contribution is 0.583. The number of nitrogens with zero attached hydrogens (tertiary/aromatic N) is 1. The summed E-state index contributed by atoms with van der Waals surface area (Å²) in [6.45, 7) is 6.72. The molecule has 1 aliphatic rings. The van der Waals surface area contributed by atoms with Gasteiger partial charge >= 0.3 is 0 Å². The molecule has 0 aromatic carbocycles. The minimum Gasteiger partial charge on any atom is -0.245 e. The zero-order chi connectivity index (χ0) is 9.47. The fourth-order valence-electron chi connectivity index (χ4n) is 1.35. The highest BCUT2D eigenvalue weighted by molar-refractivity contribution is 7.98. The van der Waals surface area contributed by atoms with Crippen LogP contribution in [0, 0.1) is 0 Å². The van der Waals surface area contributed by atoms with Crippen molar-refractivity contribution in [3.05, 3.63) is 15.6 Å². The highest BCUT2D eigenvalue weighted by atomic mass is 32.2. The number of thiazole rings is 1. The van der Waals surface area contributed by atoms with Gasteiger partial charge in [-0.25, -0.2) is 4.98 Å². The molecule has 0 atom stereocenters. The first-order valence-electron chi connectivity index (χ1n) is 4.64. The molecule has 0 N–H and O–H groups in total. The Morgan fingerprint density at radius 1 is 1.31 bits per heavy atom. The third-order valence-electron chi connectivity index (χ3n) is 2.14. The molecule has 0 fully saturated rings. The quantitative estimate of drug-likeness (QED) is 0.656. The van der Waals surface area contributed by atoms with E-state index >= 15 is 0 Å². The van der Waals surface area contributed by atoms with Gasteiger partial charge in [-0.05, 0) is 12.2 Å². The van der Waals surface area contributed by atoms with E-state index in [1.807, 2.05) is 23.1 Å². The number of hydrogen-bond donors (Lipinski definition) is 0. The van der Waals surface area contributed by atoms with Crippen molar-refractivity contribution in [2.45, 2.75) is 38.4 Å². The molecule has 1 nitrogen and oxygen atoms in total. The Hall–Kier alpha value is -0.0200. The fourth-order valence-corrected chi connectivity index (χ4v) is 3.63. The van der Waals surface area contributed by atoms with E-state index in [0.29, 0.717) is 0 Å². The Balaban J connectivity index is 2.36. The van der Waals surface area contributed by atoms with Gasteiger partial charge in [0.25, 0.3) is 0 Å². The van der Waals surface area contributed by atoms with E-state index in [-0.39, 0.29) is 5.41 Å². The Morgan fingerprint density at radius 3 is 2.69 bits per heavy atom. The summed E-state index contributed by atoms with van der Waals surface area (Å²) in [6, 6.07) is 0. The largest absolute Gasteiger partial charge is 0.245 e. The summed E-state index contributed by atoms with van der Waals surface area (Å²) in [5, 5.41) is 1.31. The summed E-state index contributed by atoms with van der Waals surface area (Å²) < 4.78 is 0. The van der Waals surface area contributed by atoms with Crippen LogP contribution in [0.5, 0.6) is 0 Å². The van der Waals surface area contributed by atoms with E-state index in [9.17, 15) is 0 Å². The zero-order valence-electron chi connectivity index (χ0n) is 8.39. The molecule has 1 aliphatic heterocycles. The molecule has 1 aromatic rings. The average molecular weight is 213 g/mol. The summed E-state index contributed by atoms with van der Waals surface area (Å²) in [5.74, 6) is 2.43. The van der Waals surface area contributed by atoms with Crippen molar-refractivity contribution in [3.8, 4) is 0 Å². The van der Waals surface area contributed by atoms with Gasteiger partial charge in [0, 0.05) is 16.0 Å². The monoisotopic (exact) mass is 213 g/mol. The Labute approximate surface area is 88.0 Å². The molecule has 1 aromatic heterocycles. The van der Waals surface area contributed by atoms with Crippen LogP contribution in [-0.2, 0) is 17.6 Å². The number of aryl methyl sites for hydroxylation is 1. The number of aromatic nitrogens is 1. The summed E-state index contributed by atoms with van der Waals surface area (Å²) in [4.78, 5) is 6.24. The van der Waals surface area contributed by atoms with Crippen LogP contribution in [0.3, 0.4) is 0 Å². The molecule has 0 radical (unpaired) electrons. The molecule has 2 rings (SSSR count). The van der Waals surface area contributed by atoms with E-state index < -0.39 is 0 Å². The van der Waals surface area contributed by atoms with Crippen molar-refractivity contribution in [1.29, 1.82) is 0 Å². The van der Waals surface area contributed by atoms with Crippen LogP contribution in [0.2, 0.25) is 0 Å². The average Bonchev–Trinajstić information content (AvgIpc) is 2.45. The molecular weight excluding hydrogens is 198 g/mol. The summed E-state index contributed by atoms with van der Waals surface area (Å²) in [5.41, 5.74) is 1.60. The van der Waals surface area contributed by atoms with Crippen molar-refractivity contribution in [3.63, 3.8) is 0 Å². The normalized spacial score (nSPS) is 17.2. The lowest BCUT2D eigenvalue weighted by atomic mass is 9.98. The Morgan fingerprint density at radius 2 is 2.08 bits per heavy atom. The van der Waals surface area contributed by atoms with Crippen LogP contribution in [-0.4, -0.2) is 10.7 Å². The van der Waals surface area contributed by atoms with Gasteiger partial charge in [-0.15, -0.1) is 11.3 Å². The number of thioether (sulfide) groups is 1. The molecule has 2 heterocycles. The lowest BCUT2D eigenvalue weighted by Gasteiger charge is -2.13. The molecule has 3 heteroatoms. The molecule has 0 aliphatic carbocycles. The zero-order valence-corrected chi connectivity index (χ0v) is 10.0. The van der Waals surface area contributed by atoms with Gasteiger partial charge in [-0.3, -0.25) is 0 Å². The van der Waals surface area contributed by atoms with Gasteiger partial charge in [0.2, 0.25) is 0 Å². The van der Waals surface area contributed by atoms with Gasteiger partial charge in [0.05, 0.1) is 10.7 Å². The first-order valence-corrected chi connectivity index (χ1v) is 6.61. The van der Waals surface area contributed by atoms with Gasteiger partial charge < -0.3 is 0 Å². The van der Waals surface area contributed by atoms with Gasteiger partial charge in [0.15, 0.2) is 0 Å². The Kier molecular flexibility index (Phi) is 2.41. The smallest absolute Gasteiger partial charge is 0.0984 e. The first kappa shape index (κ1) is 9.53. The predicted molar refractivity (Wildman–Crippen MR) is 60.7 cm³/mol. The van der Waals surface area contributed by atoms with Gasteiger partial charge in [0.1, 0.15) is 0 Å². The summed E-state index contributed by atoms with van der Waals surface area (Å²) in [7, 11) is 0. The molecule has 0 saturated heterocycles. The number of rotatable bonds is 0. The lowest BCUT2D eigenvalue weighted by Crippen LogP contribution is -2.10. The SMILES string of the molecule is CC(C)(C)c1nc2c(s1)CSCC2. The molecule has 13 heavy (non-hydrogen) atoms. The summed E-state index contributed by atoms with van der Waals surface area (Å²) >= 11 is 3.94. The standard InChI is InChI=1S/C10H15NS2/c1-10(2,3)9-11-7-4-5-12-6-8(7)13-9/h4-6H2,1-3H3. The third-order valence-corrected chi connectivity index (χ3v) is 4.83. The minimum absolute atomic E-state index is 0.229. The van der Waals surface area contributed by atoms with E-state index in [2.05, 4.69) is 20.8 Å². The molecule has 0 bridgehead atoms. The maximum atomic E-state index is 4.73. The van der Waals surface area contributed by atoms with Crippen molar-refractivity contribution in [2.24, 2.45) is 0 Å². The van der Waals surface area contributed by atoms with Crippen LogP contribution < -0.4 is 0 Å². The molecular formula is C10H15NS2. The van der Waals surface area contributed by atoms with Crippen LogP contribution in [0.1, 0.15) is 36.3 Å². The highest BCUT2D eigenvalue weighted by Gasteiger charge is 2.22. The maximum Gasteiger partial charge on any atom is 0.0984 e. The second kappa shape index (κ2) is 3.28.